The predicted molar refractivity (Wildman–Crippen MR) is 92.2 cm³/mol. The fraction of sp³-hybridized carbons (Fsp3) is 0.118. The summed E-state index contributed by atoms with van der Waals surface area (Å²) in [5.41, 5.74) is 0.376. The van der Waals surface area contributed by atoms with Crippen molar-refractivity contribution in [2.75, 3.05) is 6.54 Å². The highest BCUT2D eigenvalue weighted by atomic mass is 32.1. The highest BCUT2D eigenvalue weighted by Gasteiger charge is 2.15. The smallest absolute Gasteiger partial charge is 0.269 e. The molecule has 0 fully saturated rings. The minimum absolute atomic E-state index is 0.0621. The number of nitrogens with zero attached hydrogens (tertiary/aromatic N) is 1. The lowest BCUT2D eigenvalue weighted by Gasteiger charge is -2.11. The topological polar surface area (TPSA) is 92.5 Å². The Morgan fingerprint density at radius 1 is 1.28 bits per heavy atom. The van der Waals surface area contributed by atoms with Gasteiger partial charge < -0.3 is 10.4 Å². The van der Waals surface area contributed by atoms with E-state index in [9.17, 15) is 24.4 Å². The fourth-order valence-corrected chi connectivity index (χ4v) is 3.34. The first-order valence-corrected chi connectivity index (χ1v) is 8.16. The van der Waals surface area contributed by atoms with Crippen LogP contribution in [0.3, 0.4) is 0 Å². The number of thiophene rings is 1. The number of rotatable bonds is 5. The molecule has 1 unspecified atom stereocenters. The number of aliphatic hydroxyl groups is 1. The Bertz CT molecular complexity index is 939. The summed E-state index contributed by atoms with van der Waals surface area (Å²) in [7, 11) is 0. The number of nitrogens with one attached hydrogen (secondary N) is 1. The zero-order valence-corrected chi connectivity index (χ0v) is 13.6. The van der Waals surface area contributed by atoms with Crippen molar-refractivity contribution in [2.24, 2.45) is 0 Å². The van der Waals surface area contributed by atoms with Gasteiger partial charge in [0.25, 0.3) is 11.6 Å². The average molecular weight is 360 g/mol. The first kappa shape index (κ1) is 17.0. The molecule has 1 atom stereocenters. The van der Waals surface area contributed by atoms with Crippen LogP contribution in [0.25, 0.3) is 10.1 Å². The molecule has 3 aromatic rings. The number of nitro benzene ring substituents is 1. The van der Waals surface area contributed by atoms with Gasteiger partial charge in [0, 0.05) is 28.8 Å². The predicted octanol–water partition coefficient (Wildman–Crippen LogP) is 3.41. The Morgan fingerprint density at radius 3 is 2.64 bits per heavy atom. The van der Waals surface area contributed by atoms with Crippen molar-refractivity contribution in [1.29, 1.82) is 0 Å². The van der Waals surface area contributed by atoms with Gasteiger partial charge in [0.15, 0.2) is 0 Å². The molecule has 0 bridgehead atoms. The summed E-state index contributed by atoms with van der Waals surface area (Å²) >= 11 is 1.16. The number of carbonyl (C=O) groups is 1. The summed E-state index contributed by atoms with van der Waals surface area (Å²) in [5, 5.41) is 23.7. The van der Waals surface area contributed by atoms with Crippen LogP contribution in [0.2, 0.25) is 0 Å². The van der Waals surface area contributed by atoms with E-state index in [1.54, 1.807) is 12.1 Å². The van der Waals surface area contributed by atoms with E-state index >= 15 is 0 Å². The third kappa shape index (κ3) is 3.65. The minimum Gasteiger partial charge on any atom is -0.387 e. The first-order valence-electron chi connectivity index (χ1n) is 7.34. The zero-order chi connectivity index (χ0) is 18.0. The molecule has 0 saturated heterocycles. The van der Waals surface area contributed by atoms with Crippen molar-refractivity contribution in [3.63, 3.8) is 0 Å². The first-order chi connectivity index (χ1) is 12.0. The highest BCUT2D eigenvalue weighted by Crippen LogP contribution is 2.27. The van der Waals surface area contributed by atoms with Crippen LogP contribution in [0.15, 0.2) is 48.5 Å². The fourth-order valence-electron chi connectivity index (χ4n) is 2.35. The third-order valence-electron chi connectivity index (χ3n) is 3.68. The number of hydrogen-bond acceptors (Lipinski definition) is 5. The molecule has 2 N–H and O–H groups in total. The summed E-state index contributed by atoms with van der Waals surface area (Å²) in [6.45, 7) is -0.0621. The zero-order valence-electron chi connectivity index (χ0n) is 12.8. The number of amides is 1. The number of halogens is 1. The van der Waals surface area contributed by atoms with E-state index in [1.807, 2.05) is 0 Å². The minimum atomic E-state index is -1.00. The largest absolute Gasteiger partial charge is 0.387 e. The number of fused-ring (bicyclic) bond motifs is 1. The number of nitro groups is 1. The summed E-state index contributed by atoms with van der Waals surface area (Å²) < 4.78 is 14.3. The molecular formula is C17H13FN2O4S. The van der Waals surface area contributed by atoms with E-state index in [0.29, 0.717) is 20.5 Å². The second kappa shape index (κ2) is 6.96. The normalized spacial score (nSPS) is 12.1. The molecule has 0 aliphatic rings. The van der Waals surface area contributed by atoms with Gasteiger partial charge in [0.1, 0.15) is 5.82 Å². The van der Waals surface area contributed by atoms with Gasteiger partial charge in [-0.1, -0.05) is 6.07 Å². The van der Waals surface area contributed by atoms with E-state index in [2.05, 4.69) is 5.32 Å². The molecule has 3 rings (SSSR count). The monoisotopic (exact) mass is 360 g/mol. The maximum absolute atomic E-state index is 13.7. The highest BCUT2D eigenvalue weighted by molar-refractivity contribution is 7.20. The average Bonchev–Trinajstić information content (AvgIpc) is 3.05. The van der Waals surface area contributed by atoms with Crippen molar-refractivity contribution < 1.29 is 19.2 Å². The number of benzene rings is 2. The molecule has 2 aromatic carbocycles. The summed E-state index contributed by atoms with van der Waals surface area (Å²) in [4.78, 5) is 22.6. The Morgan fingerprint density at radius 2 is 2.00 bits per heavy atom. The number of hydrogen-bond donors (Lipinski definition) is 2. The van der Waals surface area contributed by atoms with Crippen LogP contribution in [-0.2, 0) is 0 Å². The second-order valence-corrected chi connectivity index (χ2v) is 6.42. The van der Waals surface area contributed by atoms with E-state index < -0.39 is 22.8 Å². The van der Waals surface area contributed by atoms with Crippen LogP contribution in [0.4, 0.5) is 10.1 Å². The van der Waals surface area contributed by atoms with Gasteiger partial charge in [-0.2, -0.15) is 0 Å². The number of carbonyl (C=O) groups excluding carboxylic acids is 1. The van der Waals surface area contributed by atoms with Crippen LogP contribution in [0, 0.1) is 15.9 Å². The van der Waals surface area contributed by atoms with Gasteiger partial charge >= 0.3 is 0 Å². The summed E-state index contributed by atoms with van der Waals surface area (Å²) in [6.07, 6.45) is -1.00. The lowest BCUT2D eigenvalue weighted by atomic mass is 10.1. The second-order valence-electron chi connectivity index (χ2n) is 5.34. The Hall–Kier alpha value is -2.84. The third-order valence-corrected chi connectivity index (χ3v) is 4.78. The number of aliphatic hydroxyl groups excluding tert-OH is 1. The van der Waals surface area contributed by atoms with Crippen molar-refractivity contribution >= 4 is 33.0 Å². The van der Waals surface area contributed by atoms with Crippen molar-refractivity contribution in [3.05, 3.63) is 74.9 Å². The van der Waals surface area contributed by atoms with Crippen LogP contribution < -0.4 is 5.32 Å². The van der Waals surface area contributed by atoms with Gasteiger partial charge in [-0.25, -0.2) is 4.39 Å². The molecule has 0 radical (unpaired) electrons. The van der Waals surface area contributed by atoms with E-state index in [0.717, 1.165) is 11.3 Å². The summed E-state index contributed by atoms with van der Waals surface area (Å²) in [6, 6.07) is 11.6. The van der Waals surface area contributed by atoms with Gasteiger partial charge in [-0.15, -0.1) is 11.3 Å². The molecule has 0 saturated carbocycles. The number of non-ortho nitro benzene ring substituents is 1. The van der Waals surface area contributed by atoms with E-state index in [-0.39, 0.29) is 12.2 Å². The molecule has 1 heterocycles. The van der Waals surface area contributed by atoms with Crippen molar-refractivity contribution in [2.45, 2.75) is 6.10 Å². The quantitative estimate of drug-likeness (QED) is 0.539. The van der Waals surface area contributed by atoms with E-state index in [1.165, 1.54) is 36.4 Å². The Labute approximate surface area is 145 Å². The van der Waals surface area contributed by atoms with Crippen LogP contribution in [0.5, 0.6) is 0 Å². The molecule has 128 valence electrons. The van der Waals surface area contributed by atoms with Gasteiger partial charge in [-0.3, -0.25) is 14.9 Å². The lowest BCUT2D eigenvalue weighted by molar-refractivity contribution is -0.384. The van der Waals surface area contributed by atoms with Crippen LogP contribution >= 0.6 is 11.3 Å². The van der Waals surface area contributed by atoms with E-state index in [4.69, 9.17) is 0 Å². The Balaban J connectivity index is 1.66. The molecule has 1 amide bonds. The molecule has 0 aliphatic carbocycles. The summed E-state index contributed by atoms with van der Waals surface area (Å²) in [5.74, 6) is -0.805. The van der Waals surface area contributed by atoms with Crippen molar-refractivity contribution in [1.82, 2.24) is 5.32 Å². The molecule has 6 nitrogen and oxygen atoms in total. The van der Waals surface area contributed by atoms with Gasteiger partial charge in [-0.05, 0) is 35.9 Å². The van der Waals surface area contributed by atoms with Crippen molar-refractivity contribution in [3.8, 4) is 0 Å². The van der Waals surface area contributed by atoms with Crippen LogP contribution in [0.1, 0.15) is 21.3 Å². The maximum atomic E-state index is 13.7. The molecule has 0 aliphatic heterocycles. The Kier molecular flexibility index (Phi) is 4.73. The SMILES string of the molecule is O=C(NCC(O)c1ccc([N+](=O)[O-])cc1)c1cc2c(F)cccc2s1. The van der Waals surface area contributed by atoms with Crippen LogP contribution in [-0.4, -0.2) is 22.5 Å². The van der Waals surface area contributed by atoms with Gasteiger partial charge in [0.2, 0.25) is 0 Å². The lowest BCUT2D eigenvalue weighted by Crippen LogP contribution is -2.27. The standard InChI is InChI=1S/C17H13FN2O4S/c18-13-2-1-3-15-12(13)8-16(25-15)17(22)19-9-14(21)10-4-6-11(7-5-10)20(23)24/h1-8,14,21H,9H2,(H,19,22). The molecular weight excluding hydrogens is 347 g/mol. The molecule has 25 heavy (non-hydrogen) atoms. The molecule has 0 spiro atoms. The van der Waals surface area contributed by atoms with Gasteiger partial charge in [0.05, 0.1) is 15.9 Å². The maximum Gasteiger partial charge on any atom is 0.269 e. The molecule has 1 aromatic heterocycles. The molecule has 8 heteroatoms.